The van der Waals surface area contributed by atoms with Crippen molar-refractivity contribution in [3.63, 3.8) is 0 Å². The van der Waals surface area contributed by atoms with E-state index in [4.69, 9.17) is 0 Å². The van der Waals surface area contributed by atoms with E-state index >= 15 is 0 Å². The molecule has 2 aliphatic carbocycles. The number of benzene rings is 1. The molecule has 0 heteroatoms. The largest absolute Gasteiger partial charge is 0.102 e. The lowest BCUT2D eigenvalue weighted by Gasteiger charge is -2.29. The third-order valence-corrected chi connectivity index (χ3v) is 7.12. The SMILES string of the molecule is C=CC1C=CC(CCc2ccc(C3CCC(CCCCC)CC3)cc2)CC1. The van der Waals surface area contributed by atoms with E-state index in [-0.39, 0.29) is 0 Å². The van der Waals surface area contributed by atoms with Gasteiger partial charge in [-0.25, -0.2) is 0 Å². The molecule has 1 aromatic rings. The minimum atomic E-state index is 0.613. The van der Waals surface area contributed by atoms with Gasteiger partial charge in [0.2, 0.25) is 0 Å². The monoisotopic (exact) mass is 364 g/mol. The zero-order valence-corrected chi connectivity index (χ0v) is 17.5. The number of unbranched alkanes of at least 4 members (excludes halogenated alkanes) is 2. The van der Waals surface area contributed by atoms with Crippen LogP contribution in [0.5, 0.6) is 0 Å². The summed E-state index contributed by atoms with van der Waals surface area (Å²) >= 11 is 0. The molecule has 0 aliphatic heterocycles. The van der Waals surface area contributed by atoms with Crippen molar-refractivity contribution in [2.45, 2.75) is 89.9 Å². The number of allylic oxidation sites excluding steroid dienone is 3. The van der Waals surface area contributed by atoms with Crippen molar-refractivity contribution in [1.29, 1.82) is 0 Å². The van der Waals surface area contributed by atoms with E-state index in [2.05, 4.69) is 56.0 Å². The Balaban J connectivity index is 1.41. The van der Waals surface area contributed by atoms with Crippen LogP contribution < -0.4 is 0 Å². The van der Waals surface area contributed by atoms with E-state index in [1.54, 1.807) is 5.56 Å². The molecule has 3 rings (SSSR count). The molecule has 0 N–H and O–H groups in total. The maximum atomic E-state index is 3.92. The minimum Gasteiger partial charge on any atom is -0.102 e. The Morgan fingerprint density at radius 1 is 0.889 bits per heavy atom. The molecule has 2 aliphatic rings. The molecule has 0 aromatic heterocycles. The lowest BCUT2D eigenvalue weighted by molar-refractivity contribution is 0.303. The van der Waals surface area contributed by atoms with E-state index in [0.29, 0.717) is 5.92 Å². The fraction of sp³-hybridized carbons (Fsp3) is 0.630. The van der Waals surface area contributed by atoms with Crippen molar-refractivity contribution < 1.29 is 0 Å². The smallest absolute Gasteiger partial charge is 0.00559 e. The molecule has 0 spiro atoms. The quantitative estimate of drug-likeness (QED) is 0.306. The normalized spacial score (nSPS) is 28.2. The van der Waals surface area contributed by atoms with Crippen molar-refractivity contribution in [1.82, 2.24) is 0 Å². The Hall–Kier alpha value is -1.30. The van der Waals surface area contributed by atoms with Gasteiger partial charge in [-0.3, -0.25) is 0 Å². The van der Waals surface area contributed by atoms with Crippen LogP contribution >= 0.6 is 0 Å². The van der Waals surface area contributed by atoms with E-state index in [0.717, 1.165) is 17.8 Å². The molecule has 0 radical (unpaired) electrons. The maximum Gasteiger partial charge on any atom is -0.00559 e. The molecule has 0 bridgehead atoms. The second-order valence-corrected chi connectivity index (χ2v) is 9.12. The number of hydrogen-bond acceptors (Lipinski definition) is 0. The lowest BCUT2D eigenvalue weighted by atomic mass is 9.77. The first-order valence-electron chi connectivity index (χ1n) is 11.7. The molecule has 1 aromatic carbocycles. The molecular weight excluding hydrogens is 324 g/mol. The summed E-state index contributed by atoms with van der Waals surface area (Å²) in [5, 5.41) is 0. The minimum absolute atomic E-state index is 0.613. The first-order valence-corrected chi connectivity index (χ1v) is 11.7. The summed E-state index contributed by atoms with van der Waals surface area (Å²) in [6.07, 6.45) is 23.4. The molecule has 148 valence electrons. The molecular formula is C27H40. The van der Waals surface area contributed by atoms with Gasteiger partial charge in [0.25, 0.3) is 0 Å². The summed E-state index contributed by atoms with van der Waals surface area (Å²) < 4.78 is 0. The average molecular weight is 365 g/mol. The molecule has 2 atom stereocenters. The lowest BCUT2D eigenvalue weighted by Crippen LogP contribution is -2.13. The van der Waals surface area contributed by atoms with E-state index in [1.807, 2.05) is 0 Å². The number of hydrogen-bond donors (Lipinski definition) is 0. The number of rotatable bonds is 9. The van der Waals surface area contributed by atoms with Gasteiger partial charge in [-0.2, -0.15) is 0 Å². The predicted molar refractivity (Wildman–Crippen MR) is 119 cm³/mol. The Bertz CT molecular complexity index is 571. The molecule has 0 heterocycles. The first kappa shape index (κ1) is 20.4. The van der Waals surface area contributed by atoms with Crippen LogP contribution in [-0.4, -0.2) is 0 Å². The topological polar surface area (TPSA) is 0 Å². The molecule has 1 fully saturated rings. The Labute approximate surface area is 168 Å². The van der Waals surface area contributed by atoms with Gasteiger partial charge in [0.05, 0.1) is 0 Å². The standard InChI is InChI=1S/C27H40/c1-3-5-6-7-23-14-18-26(19-15-23)27-20-16-25(17-21-27)13-12-24-10-8-22(4-2)9-11-24/h4,8,10,16-17,20-24,26H,2-3,5-7,9,11-15,18-19H2,1H3. The summed E-state index contributed by atoms with van der Waals surface area (Å²) in [5.41, 5.74) is 3.11. The van der Waals surface area contributed by atoms with Crippen LogP contribution in [0.15, 0.2) is 49.1 Å². The third-order valence-electron chi connectivity index (χ3n) is 7.12. The summed E-state index contributed by atoms with van der Waals surface area (Å²) in [6, 6.07) is 9.67. The zero-order chi connectivity index (χ0) is 18.9. The molecule has 0 amide bonds. The second kappa shape index (κ2) is 10.9. The highest BCUT2D eigenvalue weighted by Gasteiger charge is 2.22. The van der Waals surface area contributed by atoms with Crippen LogP contribution in [0.2, 0.25) is 0 Å². The highest BCUT2D eigenvalue weighted by Crippen LogP contribution is 2.38. The van der Waals surface area contributed by atoms with Crippen LogP contribution in [0.4, 0.5) is 0 Å². The second-order valence-electron chi connectivity index (χ2n) is 9.12. The highest BCUT2D eigenvalue weighted by molar-refractivity contribution is 5.26. The van der Waals surface area contributed by atoms with Crippen LogP contribution in [0, 0.1) is 17.8 Å². The Morgan fingerprint density at radius 2 is 1.67 bits per heavy atom. The van der Waals surface area contributed by atoms with Crippen molar-refractivity contribution in [3.8, 4) is 0 Å². The summed E-state index contributed by atoms with van der Waals surface area (Å²) in [7, 11) is 0. The van der Waals surface area contributed by atoms with Gasteiger partial charge in [-0.15, -0.1) is 6.58 Å². The van der Waals surface area contributed by atoms with E-state index in [9.17, 15) is 0 Å². The fourth-order valence-corrected chi connectivity index (χ4v) is 5.11. The van der Waals surface area contributed by atoms with Gasteiger partial charge in [-0.05, 0) is 86.2 Å². The van der Waals surface area contributed by atoms with Crippen LogP contribution in [0.3, 0.4) is 0 Å². The average Bonchev–Trinajstić information content (AvgIpc) is 2.74. The fourth-order valence-electron chi connectivity index (χ4n) is 5.11. The molecule has 2 unspecified atom stereocenters. The predicted octanol–water partition coefficient (Wildman–Crippen LogP) is 8.24. The number of aryl methyl sites for hydroxylation is 1. The Morgan fingerprint density at radius 3 is 2.30 bits per heavy atom. The van der Waals surface area contributed by atoms with Crippen LogP contribution in [0.1, 0.15) is 94.6 Å². The van der Waals surface area contributed by atoms with Gasteiger partial charge in [0, 0.05) is 0 Å². The van der Waals surface area contributed by atoms with Crippen molar-refractivity contribution in [2.24, 2.45) is 17.8 Å². The zero-order valence-electron chi connectivity index (χ0n) is 17.5. The van der Waals surface area contributed by atoms with Crippen LogP contribution in [-0.2, 0) is 6.42 Å². The van der Waals surface area contributed by atoms with E-state index < -0.39 is 0 Å². The van der Waals surface area contributed by atoms with Crippen molar-refractivity contribution >= 4 is 0 Å². The van der Waals surface area contributed by atoms with Gasteiger partial charge in [-0.1, -0.05) is 75.1 Å². The molecule has 0 saturated heterocycles. The third kappa shape index (κ3) is 6.37. The molecule has 1 saturated carbocycles. The Kier molecular flexibility index (Phi) is 8.24. The summed E-state index contributed by atoms with van der Waals surface area (Å²) in [6.45, 7) is 6.23. The van der Waals surface area contributed by atoms with Crippen LogP contribution in [0.25, 0.3) is 0 Å². The molecule has 0 nitrogen and oxygen atoms in total. The molecule has 27 heavy (non-hydrogen) atoms. The summed E-state index contributed by atoms with van der Waals surface area (Å²) in [4.78, 5) is 0. The van der Waals surface area contributed by atoms with Gasteiger partial charge in [0.15, 0.2) is 0 Å². The van der Waals surface area contributed by atoms with Gasteiger partial charge >= 0.3 is 0 Å². The summed E-state index contributed by atoms with van der Waals surface area (Å²) in [5.74, 6) is 3.21. The first-order chi connectivity index (χ1) is 13.3. The van der Waals surface area contributed by atoms with Gasteiger partial charge in [0.1, 0.15) is 0 Å². The van der Waals surface area contributed by atoms with Crippen molar-refractivity contribution in [2.75, 3.05) is 0 Å². The maximum absolute atomic E-state index is 3.92. The highest BCUT2D eigenvalue weighted by atomic mass is 14.3. The van der Waals surface area contributed by atoms with Gasteiger partial charge < -0.3 is 0 Å². The van der Waals surface area contributed by atoms with E-state index in [1.165, 1.54) is 82.6 Å². The van der Waals surface area contributed by atoms with Crippen molar-refractivity contribution in [3.05, 3.63) is 60.2 Å².